The quantitative estimate of drug-likeness (QED) is 0.338. The number of carboxylic acid groups (broad SMARTS) is 1. The van der Waals surface area contributed by atoms with Crippen LogP contribution in [0.15, 0.2) is 60.7 Å². The summed E-state index contributed by atoms with van der Waals surface area (Å²) in [5.74, 6) is -3.11. The van der Waals surface area contributed by atoms with Gasteiger partial charge < -0.3 is 25.4 Å². The minimum absolute atomic E-state index is 0.173. The third-order valence-corrected chi connectivity index (χ3v) is 5.71. The summed E-state index contributed by atoms with van der Waals surface area (Å²) in [6.45, 7) is 3.79. The number of rotatable bonds is 4. The summed E-state index contributed by atoms with van der Waals surface area (Å²) in [4.78, 5) is 36.2. The Hall–Kier alpha value is -4.59. The molecule has 0 aliphatic rings. The number of phenols is 1. The number of nitrogens with one attached hydrogen (secondary N) is 2. The van der Waals surface area contributed by atoms with Gasteiger partial charge >= 0.3 is 17.8 Å². The highest BCUT2D eigenvalue weighted by molar-refractivity contribution is 6.43. The number of carbonyl (C=O) groups is 3. The first-order valence-corrected chi connectivity index (χ1v) is 10.5. The minimum atomic E-state index is -1.21. The number of anilines is 2. The lowest BCUT2D eigenvalue weighted by Gasteiger charge is -2.10. The maximum Gasteiger partial charge on any atom is 0.339 e. The van der Waals surface area contributed by atoms with Crippen molar-refractivity contribution in [3.63, 3.8) is 0 Å². The first-order valence-electron chi connectivity index (χ1n) is 10.5. The molecule has 8 nitrogen and oxygen atoms in total. The molecule has 4 rings (SSSR count). The van der Waals surface area contributed by atoms with E-state index >= 15 is 0 Å². The van der Waals surface area contributed by atoms with Crippen molar-refractivity contribution in [1.29, 1.82) is 0 Å². The van der Waals surface area contributed by atoms with Gasteiger partial charge in [-0.1, -0.05) is 29.8 Å². The molecule has 34 heavy (non-hydrogen) atoms. The van der Waals surface area contributed by atoms with E-state index in [1.54, 1.807) is 30.3 Å². The van der Waals surface area contributed by atoms with Crippen molar-refractivity contribution in [2.45, 2.75) is 13.8 Å². The summed E-state index contributed by atoms with van der Waals surface area (Å²) < 4.78 is 1.85. The van der Waals surface area contributed by atoms with Crippen LogP contribution in [0.1, 0.15) is 21.5 Å². The van der Waals surface area contributed by atoms with Gasteiger partial charge in [0, 0.05) is 35.4 Å². The third kappa shape index (κ3) is 4.21. The molecule has 0 fully saturated rings. The van der Waals surface area contributed by atoms with Gasteiger partial charge in [-0.15, -0.1) is 0 Å². The highest BCUT2D eigenvalue weighted by Gasteiger charge is 2.19. The normalized spacial score (nSPS) is 10.8. The third-order valence-electron chi connectivity index (χ3n) is 5.71. The second-order valence-corrected chi connectivity index (χ2v) is 8.08. The van der Waals surface area contributed by atoms with Crippen LogP contribution in [0.25, 0.3) is 22.2 Å². The molecule has 0 saturated carbocycles. The largest absolute Gasteiger partial charge is 0.507 e. The molecule has 0 unspecified atom stereocenters. The van der Waals surface area contributed by atoms with Crippen LogP contribution in [0, 0.1) is 13.8 Å². The summed E-state index contributed by atoms with van der Waals surface area (Å²) in [7, 11) is 1.81. The fourth-order valence-electron chi connectivity index (χ4n) is 3.99. The number of carboxylic acids is 1. The van der Waals surface area contributed by atoms with Crippen LogP contribution >= 0.6 is 0 Å². The standard InChI is InChI=1S/C26H23N3O5/c1-14-7-9-17(10-8-14)27-24(31)25(32)28-18-6-4-5-16(11-18)23-15(2)19-12-20(26(33)34)22(30)13-21(19)29(23)3/h4-13,30H,1-3H3,(H,27,31)(H,28,32)(H,33,34). The summed E-state index contributed by atoms with van der Waals surface area (Å²) >= 11 is 0. The van der Waals surface area contributed by atoms with Gasteiger partial charge in [-0.2, -0.15) is 0 Å². The van der Waals surface area contributed by atoms with Crippen LogP contribution in [0.3, 0.4) is 0 Å². The zero-order chi connectivity index (χ0) is 24.6. The molecule has 3 aromatic carbocycles. The van der Waals surface area contributed by atoms with E-state index in [4.69, 9.17) is 0 Å². The van der Waals surface area contributed by atoms with Crippen molar-refractivity contribution in [3.8, 4) is 17.0 Å². The first kappa shape index (κ1) is 22.6. The van der Waals surface area contributed by atoms with E-state index in [9.17, 15) is 24.6 Å². The molecule has 0 aliphatic heterocycles. The van der Waals surface area contributed by atoms with Crippen molar-refractivity contribution in [3.05, 3.63) is 77.4 Å². The van der Waals surface area contributed by atoms with Crippen LogP contribution < -0.4 is 10.6 Å². The number of fused-ring (bicyclic) bond motifs is 1. The van der Waals surface area contributed by atoms with Gasteiger partial charge in [-0.25, -0.2) is 4.79 Å². The maximum atomic E-state index is 12.4. The number of aromatic hydroxyl groups is 1. The monoisotopic (exact) mass is 457 g/mol. The molecule has 0 aliphatic carbocycles. The van der Waals surface area contributed by atoms with Crippen LogP contribution in [-0.4, -0.2) is 32.6 Å². The zero-order valence-corrected chi connectivity index (χ0v) is 18.8. The Morgan fingerprint density at radius 2 is 1.50 bits per heavy atom. The topological polar surface area (TPSA) is 121 Å². The van der Waals surface area contributed by atoms with Gasteiger partial charge in [-0.05, 0) is 49.7 Å². The van der Waals surface area contributed by atoms with E-state index in [1.165, 1.54) is 12.1 Å². The highest BCUT2D eigenvalue weighted by atomic mass is 16.4. The number of amides is 2. The number of aromatic carboxylic acids is 1. The lowest BCUT2D eigenvalue weighted by Crippen LogP contribution is -2.29. The van der Waals surface area contributed by atoms with Crippen LogP contribution in [0.5, 0.6) is 5.75 Å². The SMILES string of the molecule is Cc1ccc(NC(=O)C(=O)Nc2cccc(-c3c(C)c4cc(C(=O)O)c(O)cc4n3C)c2)cc1. The number of hydrogen-bond acceptors (Lipinski definition) is 4. The molecule has 172 valence electrons. The van der Waals surface area contributed by atoms with Crippen molar-refractivity contribution in [2.75, 3.05) is 10.6 Å². The second kappa shape index (κ2) is 8.74. The second-order valence-electron chi connectivity index (χ2n) is 8.08. The van der Waals surface area contributed by atoms with Gasteiger partial charge in [0.2, 0.25) is 0 Å². The Morgan fingerprint density at radius 1 is 0.853 bits per heavy atom. The fourth-order valence-corrected chi connectivity index (χ4v) is 3.99. The average Bonchev–Trinajstić information content (AvgIpc) is 3.03. The molecular weight excluding hydrogens is 434 g/mol. The molecule has 0 atom stereocenters. The molecule has 1 aromatic heterocycles. The van der Waals surface area contributed by atoms with E-state index in [0.717, 1.165) is 22.4 Å². The van der Waals surface area contributed by atoms with E-state index < -0.39 is 17.8 Å². The molecule has 4 N–H and O–H groups in total. The van der Waals surface area contributed by atoms with Crippen LogP contribution in [-0.2, 0) is 16.6 Å². The minimum Gasteiger partial charge on any atom is -0.507 e. The molecule has 0 bridgehead atoms. The number of aromatic nitrogens is 1. The van der Waals surface area contributed by atoms with Gasteiger partial charge in [0.25, 0.3) is 0 Å². The van der Waals surface area contributed by atoms with E-state index in [0.29, 0.717) is 22.3 Å². The zero-order valence-electron chi connectivity index (χ0n) is 18.8. The lowest BCUT2D eigenvalue weighted by molar-refractivity contribution is -0.132. The van der Waals surface area contributed by atoms with E-state index in [-0.39, 0.29) is 11.3 Å². The predicted molar refractivity (Wildman–Crippen MR) is 130 cm³/mol. The molecule has 0 saturated heterocycles. The molecule has 0 radical (unpaired) electrons. The summed E-state index contributed by atoms with van der Waals surface area (Å²) in [5.41, 5.74) is 4.85. The number of benzene rings is 3. The molecular formula is C26H23N3O5. The molecule has 2 amide bonds. The van der Waals surface area contributed by atoms with Crippen molar-refractivity contribution in [1.82, 2.24) is 4.57 Å². The molecule has 8 heteroatoms. The number of nitrogens with zero attached hydrogens (tertiary/aromatic N) is 1. The smallest absolute Gasteiger partial charge is 0.339 e. The Morgan fingerprint density at radius 3 is 2.15 bits per heavy atom. The van der Waals surface area contributed by atoms with E-state index in [2.05, 4.69) is 10.6 Å². The fraction of sp³-hybridized carbons (Fsp3) is 0.115. The summed E-state index contributed by atoms with van der Waals surface area (Å²) in [6.07, 6.45) is 0. The maximum absolute atomic E-state index is 12.4. The Balaban J connectivity index is 1.62. The van der Waals surface area contributed by atoms with Crippen molar-refractivity contribution >= 4 is 40.1 Å². The van der Waals surface area contributed by atoms with Gasteiger partial charge in [0.1, 0.15) is 11.3 Å². The summed E-state index contributed by atoms with van der Waals surface area (Å²) in [6, 6.07) is 17.0. The van der Waals surface area contributed by atoms with Crippen molar-refractivity contribution < 1.29 is 24.6 Å². The average molecular weight is 457 g/mol. The highest BCUT2D eigenvalue weighted by Crippen LogP contribution is 2.36. The van der Waals surface area contributed by atoms with Gasteiger partial charge in [-0.3, -0.25) is 9.59 Å². The molecule has 4 aromatic rings. The van der Waals surface area contributed by atoms with Gasteiger partial charge in [0.05, 0.1) is 11.2 Å². The predicted octanol–water partition coefficient (Wildman–Crippen LogP) is 4.44. The first-order chi connectivity index (χ1) is 16.2. The lowest BCUT2D eigenvalue weighted by atomic mass is 10.0. The Bertz CT molecular complexity index is 1450. The van der Waals surface area contributed by atoms with Crippen LogP contribution in [0.4, 0.5) is 11.4 Å². The summed E-state index contributed by atoms with van der Waals surface area (Å²) in [5, 5.41) is 25.3. The van der Waals surface area contributed by atoms with E-state index in [1.807, 2.05) is 43.7 Å². The number of carbonyl (C=O) groups excluding carboxylic acids is 2. The van der Waals surface area contributed by atoms with Crippen LogP contribution in [0.2, 0.25) is 0 Å². The molecule has 1 heterocycles. The Kier molecular flexibility index (Phi) is 5.81. The number of hydrogen-bond donors (Lipinski definition) is 4. The molecule has 0 spiro atoms. The van der Waals surface area contributed by atoms with Gasteiger partial charge in [0.15, 0.2) is 0 Å². The Labute approximate surface area is 195 Å². The number of aryl methyl sites for hydroxylation is 3. The van der Waals surface area contributed by atoms with Crippen molar-refractivity contribution in [2.24, 2.45) is 7.05 Å².